The Hall–Kier alpha value is -1.84. The summed E-state index contributed by atoms with van der Waals surface area (Å²) in [6, 6.07) is 5.89. The van der Waals surface area contributed by atoms with Gasteiger partial charge in [-0.15, -0.1) is 0 Å². The Morgan fingerprint density at radius 1 is 1.32 bits per heavy atom. The first-order valence-corrected chi connectivity index (χ1v) is 8.14. The molecule has 2 aliphatic rings. The molecule has 4 heteroatoms. The minimum Gasteiger partial charge on any atom is -0.426 e. The van der Waals surface area contributed by atoms with Gasteiger partial charge < -0.3 is 9.64 Å². The molecular weight excluding hydrogens is 278 g/mol. The van der Waals surface area contributed by atoms with Crippen molar-refractivity contribution in [1.82, 2.24) is 4.90 Å². The number of carbonyl (C=O) groups excluding carboxylic acids is 2. The summed E-state index contributed by atoms with van der Waals surface area (Å²) in [6.07, 6.45) is 3.63. The minimum atomic E-state index is -0.334. The third-order valence-corrected chi connectivity index (χ3v) is 4.42. The highest BCUT2D eigenvalue weighted by Crippen LogP contribution is 2.27. The highest BCUT2D eigenvalue weighted by molar-refractivity contribution is 5.87. The summed E-state index contributed by atoms with van der Waals surface area (Å²) in [5.41, 5.74) is 2.65. The maximum Gasteiger partial charge on any atom is 0.316 e. The second kappa shape index (κ2) is 6.11. The Bertz CT molecular complexity index is 594. The summed E-state index contributed by atoms with van der Waals surface area (Å²) in [4.78, 5) is 26.0. The van der Waals surface area contributed by atoms with E-state index in [1.54, 1.807) is 4.90 Å². The van der Waals surface area contributed by atoms with E-state index in [1.165, 1.54) is 17.5 Å². The van der Waals surface area contributed by atoms with E-state index in [0.29, 0.717) is 24.8 Å². The molecule has 1 fully saturated rings. The normalized spacial score (nSPS) is 20.6. The van der Waals surface area contributed by atoms with Gasteiger partial charge in [-0.2, -0.15) is 0 Å². The van der Waals surface area contributed by atoms with E-state index in [2.05, 4.69) is 19.9 Å². The third kappa shape index (κ3) is 3.16. The van der Waals surface area contributed by atoms with Gasteiger partial charge >= 0.3 is 5.97 Å². The molecule has 1 aromatic rings. The van der Waals surface area contributed by atoms with Crippen LogP contribution in [0.4, 0.5) is 0 Å². The lowest BCUT2D eigenvalue weighted by Crippen LogP contribution is -2.30. The van der Waals surface area contributed by atoms with Crippen molar-refractivity contribution in [3.8, 4) is 5.75 Å². The minimum absolute atomic E-state index is 0.0598. The molecule has 4 nitrogen and oxygen atoms in total. The Morgan fingerprint density at radius 2 is 2.09 bits per heavy atom. The number of rotatable bonds is 4. The van der Waals surface area contributed by atoms with Crippen LogP contribution in [0.5, 0.6) is 5.75 Å². The number of carbonyl (C=O) groups is 2. The van der Waals surface area contributed by atoms with Crippen LogP contribution >= 0.6 is 0 Å². The van der Waals surface area contributed by atoms with Crippen LogP contribution in [0.3, 0.4) is 0 Å². The van der Waals surface area contributed by atoms with Crippen LogP contribution in [0.15, 0.2) is 18.2 Å². The predicted octanol–water partition coefficient (Wildman–Crippen LogP) is 2.59. The largest absolute Gasteiger partial charge is 0.426 e. The molecule has 1 saturated heterocycles. The van der Waals surface area contributed by atoms with Gasteiger partial charge in [-0.05, 0) is 48.4 Å². The average Bonchev–Trinajstić information content (AvgIpc) is 3.05. The van der Waals surface area contributed by atoms with Crippen LogP contribution in [0.25, 0.3) is 0 Å². The number of hydrogen-bond acceptors (Lipinski definition) is 3. The molecule has 0 bridgehead atoms. The van der Waals surface area contributed by atoms with Crippen LogP contribution < -0.4 is 4.74 Å². The lowest BCUT2D eigenvalue weighted by Gasteiger charge is -2.18. The van der Waals surface area contributed by atoms with E-state index < -0.39 is 0 Å². The van der Waals surface area contributed by atoms with Crippen LogP contribution in [0.2, 0.25) is 0 Å². The molecule has 1 aliphatic heterocycles. The molecule has 0 unspecified atom stereocenters. The first kappa shape index (κ1) is 15.1. The van der Waals surface area contributed by atoms with Gasteiger partial charge in [-0.1, -0.05) is 19.9 Å². The number of amides is 1. The molecule has 0 N–H and O–H groups in total. The summed E-state index contributed by atoms with van der Waals surface area (Å²) in [5.74, 6) is 0.470. The van der Waals surface area contributed by atoms with Gasteiger partial charge in [0.05, 0.1) is 5.92 Å². The van der Waals surface area contributed by atoms with E-state index in [0.717, 1.165) is 12.8 Å². The molecule has 0 radical (unpaired) electrons. The topological polar surface area (TPSA) is 46.6 Å². The Labute approximate surface area is 131 Å². The van der Waals surface area contributed by atoms with Crippen LogP contribution in [-0.4, -0.2) is 29.9 Å². The van der Waals surface area contributed by atoms with E-state index in [4.69, 9.17) is 4.74 Å². The quantitative estimate of drug-likeness (QED) is 0.634. The van der Waals surface area contributed by atoms with Gasteiger partial charge in [0.25, 0.3) is 0 Å². The zero-order valence-corrected chi connectivity index (χ0v) is 13.3. The van der Waals surface area contributed by atoms with E-state index in [-0.39, 0.29) is 24.2 Å². The first-order valence-electron chi connectivity index (χ1n) is 8.14. The lowest BCUT2D eigenvalue weighted by atomic mass is 10.1. The van der Waals surface area contributed by atoms with E-state index >= 15 is 0 Å². The summed E-state index contributed by atoms with van der Waals surface area (Å²) in [7, 11) is 0. The Morgan fingerprint density at radius 3 is 2.86 bits per heavy atom. The van der Waals surface area contributed by atoms with Gasteiger partial charge in [0, 0.05) is 19.5 Å². The van der Waals surface area contributed by atoms with E-state index in [9.17, 15) is 9.59 Å². The zero-order valence-electron chi connectivity index (χ0n) is 13.3. The molecule has 1 aromatic carbocycles. The number of aryl methyl sites for hydroxylation is 2. The third-order valence-electron chi connectivity index (χ3n) is 4.42. The molecular formula is C18H23NO3. The SMILES string of the molecule is CC(C)CN1C[C@H](C(=O)Oc2ccc3c(c2)CCC3)CC1=O. The summed E-state index contributed by atoms with van der Waals surface area (Å²) < 4.78 is 5.51. The van der Waals surface area contributed by atoms with Crippen LogP contribution in [-0.2, 0) is 22.4 Å². The molecule has 1 heterocycles. The van der Waals surface area contributed by atoms with Gasteiger partial charge in [0.1, 0.15) is 5.75 Å². The zero-order chi connectivity index (χ0) is 15.7. The standard InChI is InChI=1S/C18H23NO3/c1-12(2)10-19-11-15(9-17(19)20)18(21)22-16-7-6-13-4-3-5-14(13)8-16/h6-8,12,15H,3-5,9-11H2,1-2H3/t15-/m1/s1. The number of esters is 1. The van der Waals surface area contributed by atoms with Crippen molar-refractivity contribution >= 4 is 11.9 Å². The average molecular weight is 301 g/mol. The van der Waals surface area contributed by atoms with Crippen molar-refractivity contribution in [3.63, 3.8) is 0 Å². The molecule has 22 heavy (non-hydrogen) atoms. The number of benzene rings is 1. The number of ether oxygens (including phenoxy) is 1. The molecule has 0 saturated carbocycles. The smallest absolute Gasteiger partial charge is 0.316 e. The van der Waals surface area contributed by atoms with Gasteiger partial charge in [-0.3, -0.25) is 9.59 Å². The molecule has 1 amide bonds. The molecule has 0 aromatic heterocycles. The van der Waals surface area contributed by atoms with Crippen molar-refractivity contribution < 1.29 is 14.3 Å². The predicted molar refractivity (Wildman–Crippen MR) is 83.6 cm³/mol. The fraction of sp³-hybridized carbons (Fsp3) is 0.556. The number of hydrogen-bond donors (Lipinski definition) is 0. The second-order valence-corrected chi connectivity index (χ2v) is 6.80. The highest BCUT2D eigenvalue weighted by Gasteiger charge is 2.35. The number of nitrogens with zero attached hydrogens (tertiary/aromatic N) is 1. The molecule has 0 spiro atoms. The van der Waals surface area contributed by atoms with Gasteiger partial charge in [0.15, 0.2) is 0 Å². The number of likely N-dealkylation sites (tertiary alicyclic amines) is 1. The summed E-state index contributed by atoms with van der Waals surface area (Å²) >= 11 is 0. The maximum absolute atomic E-state index is 12.3. The second-order valence-electron chi connectivity index (χ2n) is 6.80. The Balaban J connectivity index is 1.62. The van der Waals surface area contributed by atoms with Crippen molar-refractivity contribution in [3.05, 3.63) is 29.3 Å². The fourth-order valence-corrected chi connectivity index (χ4v) is 3.36. The molecule has 118 valence electrons. The van der Waals surface area contributed by atoms with Gasteiger partial charge in [0.2, 0.25) is 5.91 Å². The lowest BCUT2D eigenvalue weighted by molar-refractivity contribution is -0.139. The number of fused-ring (bicyclic) bond motifs is 1. The summed E-state index contributed by atoms with van der Waals surface area (Å²) in [5, 5.41) is 0. The fourth-order valence-electron chi connectivity index (χ4n) is 3.36. The van der Waals surface area contributed by atoms with Crippen LogP contribution in [0.1, 0.15) is 37.8 Å². The highest BCUT2D eigenvalue weighted by atomic mass is 16.5. The Kier molecular flexibility index (Phi) is 4.19. The monoisotopic (exact) mass is 301 g/mol. The van der Waals surface area contributed by atoms with Crippen molar-refractivity contribution in [2.75, 3.05) is 13.1 Å². The van der Waals surface area contributed by atoms with E-state index in [1.807, 2.05) is 12.1 Å². The summed E-state index contributed by atoms with van der Waals surface area (Å²) in [6.45, 7) is 5.34. The first-order chi connectivity index (χ1) is 10.5. The molecule has 1 atom stereocenters. The molecule has 3 rings (SSSR count). The van der Waals surface area contributed by atoms with Crippen molar-refractivity contribution in [1.29, 1.82) is 0 Å². The maximum atomic E-state index is 12.3. The molecule has 1 aliphatic carbocycles. The van der Waals surface area contributed by atoms with Gasteiger partial charge in [-0.25, -0.2) is 0 Å². The van der Waals surface area contributed by atoms with Crippen molar-refractivity contribution in [2.45, 2.75) is 39.5 Å². The van der Waals surface area contributed by atoms with Crippen molar-refractivity contribution in [2.24, 2.45) is 11.8 Å². The van der Waals surface area contributed by atoms with Crippen LogP contribution in [0, 0.1) is 11.8 Å².